The minimum atomic E-state index is -3.45. The molecule has 0 radical (unpaired) electrons. The second kappa shape index (κ2) is 4.73. The molecule has 7 nitrogen and oxygen atoms in total. The van der Waals surface area contributed by atoms with E-state index in [0.717, 1.165) is 6.26 Å². The fourth-order valence-corrected chi connectivity index (χ4v) is 2.07. The maximum atomic E-state index is 11.2. The van der Waals surface area contributed by atoms with Gasteiger partial charge in [-0.15, -0.1) is 0 Å². The number of aromatic nitrogens is 1. The van der Waals surface area contributed by atoms with Gasteiger partial charge in [-0.25, -0.2) is 13.2 Å². The van der Waals surface area contributed by atoms with Crippen LogP contribution in [0, 0.1) is 0 Å². The van der Waals surface area contributed by atoms with Crippen LogP contribution in [0.15, 0.2) is 34.9 Å². The summed E-state index contributed by atoms with van der Waals surface area (Å²) in [7, 11) is -3.45. The van der Waals surface area contributed by atoms with Gasteiger partial charge in [-0.05, 0) is 12.1 Å². The summed E-state index contributed by atoms with van der Waals surface area (Å²) in [4.78, 5) is 10.7. The summed E-state index contributed by atoms with van der Waals surface area (Å²) >= 11 is 0. The zero-order valence-corrected chi connectivity index (χ0v) is 10.6. The number of nitrogens with one attached hydrogen (secondary N) is 1. The molecule has 0 aliphatic rings. The fraction of sp³-hybridized carbons (Fsp3) is 0.0909. The van der Waals surface area contributed by atoms with Gasteiger partial charge in [0.05, 0.1) is 11.9 Å². The van der Waals surface area contributed by atoms with E-state index in [-0.39, 0.29) is 17.1 Å². The van der Waals surface area contributed by atoms with Crippen molar-refractivity contribution < 1.29 is 22.8 Å². The number of carboxylic acid groups (broad SMARTS) is 1. The number of nitrogens with zero attached hydrogens (tertiary/aromatic N) is 1. The Bertz CT molecular complexity index is 720. The van der Waals surface area contributed by atoms with E-state index in [0.29, 0.717) is 5.56 Å². The van der Waals surface area contributed by atoms with Gasteiger partial charge in [-0.1, -0.05) is 17.3 Å². The number of rotatable bonds is 4. The molecular formula is C11H10N2O5S. The number of carbonyl (C=O) groups is 1. The first-order chi connectivity index (χ1) is 8.87. The van der Waals surface area contributed by atoms with Crippen LogP contribution in [0.5, 0.6) is 0 Å². The van der Waals surface area contributed by atoms with Crippen LogP contribution in [0.25, 0.3) is 11.3 Å². The molecule has 2 N–H and O–H groups in total. The molecule has 0 spiro atoms. The molecule has 0 atom stereocenters. The molecule has 0 bridgehead atoms. The first kappa shape index (κ1) is 13.1. The van der Waals surface area contributed by atoms with Gasteiger partial charge in [-0.3, -0.25) is 4.72 Å². The first-order valence-corrected chi connectivity index (χ1v) is 7.03. The fourth-order valence-electron chi connectivity index (χ4n) is 1.49. The monoisotopic (exact) mass is 282 g/mol. The van der Waals surface area contributed by atoms with Crippen LogP contribution in [0.3, 0.4) is 0 Å². The van der Waals surface area contributed by atoms with E-state index in [2.05, 4.69) is 9.88 Å². The Labute approximate surface area is 108 Å². The molecule has 19 heavy (non-hydrogen) atoms. The van der Waals surface area contributed by atoms with Gasteiger partial charge in [0.1, 0.15) is 0 Å². The van der Waals surface area contributed by atoms with Crippen molar-refractivity contribution in [3.05, 3.63) is 36.0 Å². The van der Waals surface area contributed by atoms with E-state index in [4.69, 9.17) is 9.63 Å². The number of hydrogen-bond acceptors (Lipinski definition) is 5. The minimum Gasteiger partial charge on any atom is -0.476 e. The van der Waals surface area contributed by atoms with Crippen LogP contribution < -0.4 is 4.72 Å². The molecule has 0 fully saturated rings. The van der Waals surface area contributed by atoms with Gasteiger partial charge >= 0.3 is 5.97 Å². The molecule has 0 saturated carbocycles. The molecule has 100 valence electrons. The zero-order chi connectivity index (χ0) is 14.0. The highest BCUT2D eigenvalue weighted by atomic mass is 32.2. The molecule has 0 aliphatic carbocycles. The number of hydrogen-bond donors (Lipinski definition) is 2. The summed E-state index contributed by atoms with van der Waals surface area (Å²) in [5.41, 5.74) is 0.454. The van der Waals surface area contributed by atoms with Crippen molar-refractivity contribution in [3.8, 4) is 11.3 Å². The third-order valence-electron chi connectivity index (χ3n) is 2.22. The van der Waals surface area contributed by atoms with E-state index in [1.165, 1.54) is 6.07 Å². The highest BCUT2D eigenvalue weighted by Crippen LogP contribution is 2.28. The number of para-hydroxylation sites is 1. The van der Waals surface area contributed by atoms with E-state index in [1.54, 1.807) is 24.3 Å². The normalized spacial score (nSPS) is 11.2. The number of sulfonamides is 1. The largest absolute Gasteiger partial charge is 0.476 e. The molecular weight excluding hydrogens is 272 g/mol. The van der Waals surface area contributed by atoms with Gasteiger partial charge in [-0.2, -0.15) is 0 Å². The van der Waals surface area contributed by atoms with Crippen LogP contribution in [0.2, 0.25) is 0 Å². The van der Waals surface area contributed by atoms with Crippen molar-refractivity contribution in [2.24, 2.45) is 0 Å². The van der Waals surface area contributed by atoms with E-state index in [9.17, 15) is 13.2 Å². The van der Waals surface area contributed by atoms with Gasteiger partial charge in [0.15, 0.2) is 11.5 Å². The molecule has 0 aliphatic heterocycles. The van der Waals surface area contributed by atoms with Crippen molar-refractivity contribution in [2.45, 2.75) is 0 Å². The molecule has 1 heterocycles. The molecule has 8 heteroatoms. The number of aromatic carboxylic acids is 1. The van der Waals surface area contributed by atoms with Gasteiger partial charge in [0, 0.05) is 11.6 Å². The Morgan fingerprint density at radius 2 is 2.05 bits per heavy atom. The molecule has 2 aromatic rings. The smallest absolute Gasteiger partial charge is 0.358 e. The number of carboxylic acids is 1. The third-order valence-corrected chi connectivity index (χ3v) is 2.81. The van der Waals surface area contributed by atoms with Crippen molar-refractivity contribution >= 4 is 21.7 Å². The Balaban J connectivity index is 2.46. The van der Waals surface area contributed by atoms with E-state index >= 15 is 0 Å². The first-order valence-electron chi connectivity index (χ1n) is 5.14. The van der Waals surface area contributed by atoms with E-state index in [1.807, 2.05) is 0 Å². The lowest BCUT2D eigenvalue weighted by atomic mass is 10.1. The van der Waals surface area contributed by atoms with Gasteiger partial charge < -0.3 is 9.63 Å². The summed E-state index contributed by atoms with van der Waals surface area (Å²) in [6.45, 7) is 0. The lowest BCUT2D eigenvalue weighted by molar-refractivity contribution is 0.0686. The lowest BCUT2D eigenvalue weighted by Gasteiger charge is -2.07. The Hall–Kier alpha value is -2.35. The summed E-state index contributed by atoms with van der Waals surface area (Å²) in [6, 6.07) is 7.68. The predicted octanol–water partition coefficient (Wildman–Crippen LogP) is 1.41. The molecule has 0 saturated heterocycles. The average molecular weight is 282 g/mol. The second-order valence-corrected chi connectivity index (χ2v) is 5.55. The molecule has 1 aromatic carbocycles. The third kappa shape index (κ3) is 3.10. The van der Waals surface area contributed by atoms with Gasteiger partial charge in [0.2, 0.25) is 10.0 Å². The highest BCUT2D eigenvalue weighted by molar-refractivity contribution is 7.92. The van der Waals surface area contributed by atoms with E-state index < -0.39 is 16.0 Å². The van der Waals surface area contributed by atoms with Gasteiger partial charge in [0.25, 0.3) is 0 Å². The lowest BCUT2D eigenvalue weighted by Crippen LogP contribution is -2.10. The SMILES string of the molecule is CS(=O)(=O)Nc1ccccc1-c1cc(C(=O)O)no1. The summed E-state index contributed by atoms with van der Waals surface area (Å²) in [5, 5.41) is 12.1. The van der Waals surface area contributed by atoms with Crippen molar-refractivity contribution in [1.82, 2.24) is 5.16 Å². The Kier molecular flexibility index (Phi) is 3.26. The summed E-state index contributed by atoms with van der Waals surface area (Å²) in [5.74, 6) is -1.05. The van der Waals surface area contributed by atoms with Crippen molar-refractivity contribution in [3.63, 3.8) is 0 Å². The Morgan fingerprint density at radius 3 is 2.63 bits per heavy atom. The van der Waals surface area contributed by atoms with Crippen molar-refractivity contribution in [1.29, 1.82) is 0 Å². The maximum absolute atomic E-state index is 11.2. The second-order valence-electron chi connectivity index (χ2n) is 3.80. The summed E-state index contributed by atoms with van der Waals surface area (Å²) < 4.78 is 29.7. The van der Waals surface area contributed by atoms with Crippen LogP contribution >= 0.6 is 0 Å². The van der Waals surface area contributed by atoms with Crippen LogP contribution in [-0.4, -0.2) is 30.9 Å². The molecule has 2 rings (SSSR count). The zero-order valence-electron chi connectivity index (χ0n) is 9.82. The number of benzene rings is 1. The topological polar surface area (TPSA) is 110 Å². The minimum absolute atomic E-state index is 0.171. The number of anilines is 1. The van der Waals surface area contributed by atoms with Crippen LogP contribution in [-0.2, 0) is 10.0 Å². The molecule has 1 aromatic heterocycles. The van der Waals surface area contributed by atoms with Crippen LogP contribution in [0.1, 0.15) is 10.5 Å². The summed E-state index contributed by atoms with van der Waals surface area (Å²) in [6.07, 6.45) is 1.02. The standard InChI is InChI=1S/C11H10N2O5S/c1-19(16,17)13-8-5-3-2-4-7(8)10-6-9(11(14)15)12-18-10/h2-6,13H,1H3,(H,14,15). The maximum Gasteiger partial charge on any atom is 0.358 e. The Morgan fingerprint density at radius 1 is 1.37 bits per heavy atom. The molecule has 0 unspecified atom stereocenters. The predicted molar refractivity (Wildman–Crippen MR) is 67.4 cm³/mol. The highest BCUT2D eigenvalue weighted by Gasteiger charge is 2.15. The van der Waals surface area contributed by atoms with Crippen LogP contribution in [0.4, 0.5) is 5.69 Å². The van der Waals surface area contributed by atoms with Crippen molar-refractivity contribution in [2.75, 3.05) is 11.0 Å². The quantitative estimate of drug-likeness (QED) is 0.877. The molecule has 0 amide bonds. The average Bonchev–Trinajstić information content (AvgIpc) is 2.76.